The van der Waals surface area contributed by atoms with E-state index in [-0.39, 0.29) is 36.9 Å². The number of rotatable bonds is 5. The fourth-order valence-electron chi connectivity index (χ4n) is 1.92. The van der Waals surface area contributed by atoms with Crippen LogP contribution in [0.4, 0.5) is 0 Å². The van der Waals surface area contributed by atoms with Gasteiger partial charge in [0.15, 0.2) is 9.84 Å². The summed E-state index contributed by atoms with van der Waals surface area (Å²) < 4.78 is 23.0. The summed E-state index contributed by atoms with van der Waals surface area (Å²) in [6.45, 7) is 2.65. The third kappa shape index (κ3) is 4.26. The van der Waals surface area contributed by atoms with Gasteiger partial charge in [-0.05, 0) is 6.54 Å². The molecule has 1 fully saturated rings. The van der Waals surface area contributed by atoms with Crippen molar-refractivity contribution < 1.29 is 23.1 Å². The van der Waals surface area contributed by atoms with Gasteiger partial charge in [0, 0.05) is 6.54 Å². The van der Waals surface area contributed by atoms with Gasteiger partial charge in [-0.3, -0.25) is 9.59 Å². The first-order chi connectivity index (χ1) is 8.35. The zero-order valence-electron chi connectivity index (χ0n) is 10.3. The Balaban J connectivity index is 2.74. The van der Waals surface area contributed by atoms with Crippen LogP contribution < -0.4 is 5.32 Å². The van der Waals surface area contributed by atoms with Crippen molar-refractivity contribution in [2.24, 2.45) is 0 Å². The van der Waals surface area contributed by atoms with Gasteiger partial charge in [-0.25, -0.2) is 8.42 Å². The molecule has 7 nitrogen and oxygen atoms in total. The van der Waals surface area contributed by atoms with Gasteiger partial charge in [0.1, 0.15) is 0 Å². The highest BCUT2D eigenvalue weighted by Gasteiger charge is 2.34. The number of aliphatic carboxylic acids is 1. The normalized spacial score (nSPS) is 22.7. The molecule has 104 valence electrons. The number of nitrogens with one attached hydrogen (secondary N) is 1. The van der Waals surface area contributed by atoms with Crippen molar-refractivity contribution in [1.82, 2.24) is 10.2 Å². The van der Waals surface area contributed by atoms with E-state index in [4.69, 9.17) is 5.11 Å². The van der Waals surface area contributed by atoms with Crippen molar-refractivity contribution >= 4 is 21.7 Å². The molecule has 18 heavy (non-hydrogen) atoms. The Morgan fingerprint density at radius 1 is 1.44 bits per heavy atom. The van der Waals surface area contributed by atoms with E-state index in [1.165, 1.54) is 4.90 Å². The first kappa shape index (κ1) is 14.9. The lowest BCUT2D eigenvalue weighted by Crippen LogP contribution is -2.54. The Morgan fingerprint density at radius 2 is 2.11 bits per heavy atom. The summed E-state index contributed by atoms with van der Waals surface area (Å²) in [7, 11) is -3.24. The number of carboxylic acids is 1. The average Bonchev–Trinajstić information content (AvgIpc) is 2.24. The van der Waals surface area contributed by atoms with Crippen molar-refractivity contribution in [2.75, 3.05) is 31.1 Å². The Bertz CT molecular complexity index is 420. The second-order valence-electron chi connectivity index (χ2n) is 4.23. The van der Waals surface area contributed by atoms with Crippen LogP contribution in [0.5, 0.6) is 0 Å². The van der Waals surface area contributed by atoms with E-state index in [0.717, 1.165) is 0 Å². The average molecular weight is 278 g/mol. The van der Waals surface area contributed by atoms with Crippen LogP contribution in [0.2, 0.25) is 0 Å². The van der Waals surface area contributed by atoms with Crippen LogP contribution in [-0.4, -0.2) is 67.5 Å². The summed E-state index contributed by atoms with van der Waals surface area (Å²) in [6, 6.07) is -0.757. The van der Waals surface area contributed by atoms with Gasteiger partial charge in [0.25, 0.3) is 0 Å². The SMILES string of the molecule is CCNCC(=O)N1CCS(=O)(=O)CC1CC(=O)O. The summed E-state index contributed by atoms with van der Waals surface area (Å²) in [4.78, 5) is 23.9. The van der Waals surface area contributed by atoms with Crippen LogP contribution in [0.1, 0.15) is 13.3 Å². The molecule has 0 radical (unpaired) electrons. The number of carbonyl (C=O) groups excluding carboxylic acids is 1. The molecule has 0 saturated carbocycles. The molecule has 1 unspecified atom stereocenters. The van der Waals surface area contributed by atoms with E-state index >= 15 is 0 Å². The van der Waals surface area contributed by atoms with E-state index in [0.29, 0.717) is 6.54 Å². The van der Waals surface area contributed by atoms with Gasteiger partial charge < -0.3 is 15.3 Å². The fraction of sp³-hybridized carbons (Fsp3) is 0.800. The van der Waals surface area contributed by atoms with Gasteiger partial charge in [-0.15, -0.1) is 0 Å². The molecule has 1 saturated heterocycles. The molecule has 0 aliphatic carbocycles. The summed E-state index contributed by atoms with van der Waals surface area (Å²) in [6.07, 6.45) is -0.336. The lowest BCUT2D eigenvalue weighted by Gasteiger charge is -2.34. The van der Waals surface area contributed by atoms with E-state index in [1.54, 1.807) is 0 Å². The number of sulfone groups is 1. The molecule has 1 amide bonds. The van der Waals surface area contributed by atoms with E-state index < -0.39 is 21.8 Å². The van der Waals surface area contributed by atoms with Gasteiger partial charge in [0.2, 0.25) is 5.91 Å². The van der Waals surface area contributed by atoms with Gasteiger partial charge in [-0.1, -0.05) is 6.92 Å². The van der Waals surface area contributed by atoms with Crippen LogP contribution in [-0.2, 0) is 19.4 Å². The molecule has 0 aromatic heterocycles. The molecule has 1 heterocycles. The minimum Gasteiger partial charge on any atom is -0.481 e. The van der Waals surface area contributed by atoms with Gasteiger partial charge in [0.05, 0.1) is 30.5 Å². The topological polar surface area (TPSA) is 104 Å². The maximum atomic E-state index is 11.8. The van der Waals surface area contributed by atoms with Gasteiger partial charge >= 0.3 is 5.97 Å². The molecule has 1 aliphatic heterocycles. The van der Waals surface area contributed by atoms with E-state index in [9.17, 15) is 18.0 Å². The maximum absolute atomic E-state index is 11.8. The standard InChI is InChI=1S/C10H18N2O5S/c1-2-11-6-9(13)12-3-4-18(16,17)7-8(12)5-10(14)15/h8,11H,2-7H2,1H3,(H,14,15). The fourth-order valence-corrected chi connectivity index (χ4v) is 3.44. The number of carboxylic acid groups (broad SMARTS) is 1. The highest BCUT2D eigenvalue weighted by Crippen LogP contribution is 2.15. The highest BCUT2D eigenvalue weighted by atomic mass is 32.2. The molecule has 2 N–H and O–H groups in total. The Hall–Kier alpha value is -1.15. The lowest BCUT2D eigenvalue weighted by atomic mass is 10.2. The monoisotopic (exact) mass is 278 g/mol. The first-order valence-corrected chi connectivity index (χ1v) is 7.60. The van der Waals surface area contributed by atoms with E-state index in [2.05, 4.69) is 5.32 Å². The predicted octanol–water partition coefficient (Wildman–Crippen LogP) is -1.30. The summed E-state index contributed by atoms with van der Waals surface area (Å²) in [5, 5.41) is 11.6. The molecule has 0 aromatic rings. The third-order valence-electron chi connectivity index (χ3n) is 2.79. The molecular weight excluding hydrogens is 260 g/mol. The molecule has 1 aliphatic rings. The zero-order chi connectivity index (χ0) is 13.8. The van der Waals surface area contributed by atoms with Crippen LogP contribution in [0.3, 0.4) is 0 Å². The zero-order valence-corrected chi connectivity index (χ0v) is 11.1. The number of carbonyl (C=O) groups is 2. The van der Waals surface area contributed by atoms with Crippen LogP contribution in [0.15, 0.2) is 0 Å². The second-order valence-corrected chi connectivity index (χ2v) is 6.46. The maximum Gasteiger partial charge on any atom is 0.305 e. The van der Waals surface area contributed by atoms with Crippen molar-refractivity contribution in [1.29, 1.82) is 0 Å². The summed E-state index contributed by atoms with van der Waals surface area (Å²) >= 11 is 0. The Morgan fingerprint density at radius 3 is 2.67 bits per heavy atom. The van der Waals surface area contributed by atoms with Crippen molar-refractivity contribution in [3.8, 4) is 0 Å². The molecule has 0 spiro atoms. The minimum atomic E-state index is -3.24. The smallest absolute Gasteiger partial charge is 0.305 e. The Kier molecular flexibility index (Phi) is 5.09. The predicted molar refractivity (Wildman–Crippen MR) is 65.0 cm³/mol. The summed E-state index contributed by atoms with van der Waals surface area (Å²) in [5.41, 5.74) is 0. The van der Waals surface area contributed by atoms with Gasteiger partial charge in [-0.2, -0.15) is 0 Å². The quantitative estimate of drug-likeness (QED) is 0.647. The van der Waals surface area contributed by atoms with Crippen molar-refractivity contribution in [3.05, 3.63) is 0 Å². The summed E-state index contributed by atoms with van der Waals surface area (Å²) in [5.74, 6) is -1.71. The lowest BCUT2D eigenvalue weighted by molar-refractivity contribution is -0.140. The first-order valence-electron chi connectivity index (χ1n) is 5.78. The van der Waals surface area contributed by atoms with Crippen molar-refractivity contribution in [2.45, 2.75) is 19.4 Å². The molecule has 1 rings (SSSR count). The Labute approximate surface area is 106 Å². The molecule has 1 atom stereocenters. The molecule has 0 bridgehead atoms. The van der Waals surface area contributed by atoms with Crippen LogP contribution in [0, 0.1) is 0 Å². The van der Waals surface area contributed by atoms with Crippen LogP contribution in [0.25, 0.3) is 0 Å². The minimum absolute atomic E-state index is 0.0739. The number of hydrogen-bond acceptors (Lipinski definition) is 5. The molecule has 8 heteroatoms. The highest BCUT2D eigenvalue weighted by molar-refractivity contribution is 7.91. The largest absolute Gasteiger partial charge is 0.481 e. The molecule has 0 aromatic carbocycles. The number of amides is 1. The number of likely N-dealkylation sites (N-methyl/N-ethyl adjacent to an activating group) is 1. The number of nitrogens with zero attached hydrogens (tertiary/aromatic N) is 1. The van der Waals surface area contributed by atoms with E-state index in [1.807, 2.05) is 6.92 Å². The number of hydrogen-bond donors (Lipinski definition) is 2. The van der Waals surface area contributed by atoms with Crippen LogP contribution >= 0.6 is 0 Å². The molecular formula is C10H18N2O5S. The third-order valence-corrected chi connectivity index (χ3v) is 4.48. The second kappa shape index (κ2) is 6.14. The van der Waals surface area contributed by atoms with Crippen molar-refractivity contribution in [3.63, 3.8) is 0 Å².